The summed E-state index contributed by atoms with van der Waals surface area (Å²) >= 11 is 0. The number of aromatic nitrogens is 3. The number of carbonyl (C=O) groups excluding carboxylic acids is 1. The normalized spacial score (nSPS) is 22.6. The molecule has 140 valence electrons. The third kappa shape index (κ3) is 5.44. The van der Waals surface area contributed by atoms with Gasteiger partial charge in [0.25, 0.3) is 0 Å². The van der Waals surface area contributed by atoms with Crippen LogP contribution >= 0.6 is 0 Å². The molecule has 1 saturated heterocycles. The highest BCUT2D eigenvalue weighted by molar-refractivity contribution is 5.74. The summed E-state index contributed by atoms with van der Waals surface area (Å²) in [5.74, 6) is 0.477. The van der Waals surface area contributed by atoms with Gasteiger partial charge in [0, 0.05) is 31.9 Å². The number of hydrogen-bond acceptors (Lipinski definition) is 3. The summed E-state index contributed by atoms with van der Waals surface area (Å²) in [5, 5.41) is 11.8. The van der Waals surface area contributed by atoms with E-state index in [2.05, 4.69) is 28.7 Å². The molecule has 1 atom stereocenters. The van der Waals surface area contributed by atoms with Crippen LogP contribution in [0.5, 0.6) is 0 Å². The fourth-order valence-corrected chi connectivity index (χ4v) is 4.15. The van der Waals surface area contributed by atoms with Crippen molar-refractivity contribution in [3.05, 3.63) is 11.9 Å². The van der Waals surface area contributed by atoms with Crippen molar-refractivity contribution in [3.8, 4) is 0 Å². The molecule has 0 radical (unpaired) electrons. The first kappa shape index (κ1) is 18.2. The van der Waals surface area contributed by atoms with Crippen molar-refractivity contribution in [1.82, 2.24) is 25.2 Å². The van der Waals surface area contributed by atoms with Crippen molar-refractivity contribution in [2.24, 2.45) is 5.92 Å². The Morgan fingerprint density at radius 2 is 2.00 bits per heavy atom. The molecule has 0 aromatic carbocycles. The topological polar surface area (TPSA) is 63.1 Å². The van der Waals surface area contributed by atoms with Crippen LogP contribution in [0.3, 0.4) is 0 Å². The van der Waals surface area contributed by atoms with Gasteiger partial charge in [-0.3, -0.25) is 4.68 Å². The SMILES string of the molecule is CCCc1cn(C[C@H]2CCCN(C(=O)NC3CCCCCC3)C2)nn1. The number of hydrogen-bond donors (Lipinski definition) is 1. The van der Waals surface area contributed by atoms with Gasteiger partial charge in [0.05, 0.1) is 5.69 Å². The van der Waals surface area contributed by atoms with Crippen LogP contribution in [0.1, 0.15) is 70.4 Å². The van der Waals surface area contributed by atoms with E-state index in [4.69, 9.17) is 0 Å². The molecule has 1 aliphatic carbocycles. The number of piperidine rings is 1. The molecule has 1 N–H and O–H groups in total. The number of nitrogens with zero attached hydrogens (tertiary/aromatic N) is 4. The minimum Gasteiger partial charge on any atom is -0.335 e. The van der Waals surface area contributed by atoms with E-state index in [0.29, 0.717) is 12.0 Å². The predicted molar refractivity (Wildman–Crippen MR) is 98.3 cm³/mol. The van der Waals surface area contributed by atoms with Crippen molar-refractivity contribution in [2.75, 3.05) is 13.1 Å². The molecular formula is C19H33N5O. The maximum Gasteiger partial charge on any atom is 0.317 e. The number of urea groups is 1. The quantitative estimate of drug-likeness (QED) is 0.831. The lowest BCUT2D eigenvalue weighted by Gasteiger charge is -2.33. The average Bonchev–Trinajstić information content (AvgIpc) is 2.89. The molecule has 2 heterocycles. The summed E-state index contributed by atoms with van der Waals surface area (Å²) in [7, 11) is 0. The van der Waals surface area contributed by atoms with Gasteiger partial charge in [0.2, 0.25) is 0 Å². The average molecular weight is 348 g/mol. The monoisotopic (exact) mass is 347 g/mol. The van der Waals surface area contributed by atoms with Gasteiger partial charge in [-0.25, -0.2) is 4.79 Å². The van der Waals surface area contributed by atoms with Crippen LogP contribution < -0.4 is 5.32 Å². The molecule has 1 aromatic heterocycles. The maximum absolute atomic E-state index is 12.6. The van der Waals surface area contributed by atoms with Crippen LogP contribution in [0.2, 0.25) is 0 Å². The number of amides is 2. The van der Waals surface area contributed by atoms with Gasteiger partial charge in [0.1, 0.15) is 0 Å². The first-order valence-corrected chi connectivity index (χ1v) is 10.2. The van der Waals surface area contributed by atoms with E-state index in [0.717, 1.165) is 63.9 Å². The number of carbonyl (C=O) groups is 1. The second-order valence-corrected chi connectivity index (χ2v) is 7.77. The molecule has 2 amide bonds. The molecule has 6 heteroatoms. The fourth-order valence-electron chi connectivity index (χ4n) is 4.15. The van der Waals surface area contributed by atoms with Crippen LogP contribution in [0, 0.1) is 5.92 Å². The number of aryl methyl sites for hydroxylation is 1. The predicted octanol–water partition coefficient (Wildman–Crippen LogP) is 3.38. The van der Waals surface area contributed by atoms with E-state index in [1.54, 1.807) is 0 Å². The lowest BCUT2D eigenvalue weighted by atomic mass is 9.98. The van der Waals surface area contributed by atoms with Gasteiger partial charge in [-0.05, 0) is 38.0 Å². The second-order valence-electron chi connectivity index (χ2n) is 7.77. The third-order valence-electron chi connectivity index (χ3n) is 5.53. The standard InChI is InChI=1S/C19H33N5O/c1-2-8-18-15-24(22-21-18)14-16-9-7-12-23(13-16)19(25)20-17-10-5-3-4-6-11-17/h15-17H,2-14H2,1H3,(H,20,25)/t16-/m0/s1. The minimum absolute atomic E-state index is 0.141. The molecule has 25 heavy (non-hydrogen) atoms. The van der Waals surface area contributed by atoms with Crippen molar-refractivity contribution in [3.63, 3.8) is 0 Å². The zero-order valence-corrected chi connectivity index (χ0v) is 15.6. The van der Waals surface area contributed by atoms with Crippen LogP contribution in [0.15, 0.2) is 6.20 Å². The molecule has 0 bridgehead atoms. The lowest BCUT2D eigenvalue weighted by Crippen LogP contribution is -2.49. The van der Waals surface area contributed by atoms with Crippen molar-refractivity contribution in [1.29, 1.82) is 0 Å². The van der Waals surface area contributed by atoms with E-state index >= 15 is 0 Å². The van der Waals surface area contributed by atoms with Gasteiger partial charge < -0.3 is 10.2 Å². The summed E-state index contributed by atoms with van der Waals surface area (Å²) in [4.78, 5) is 14.7. The van der Waals surface area contributed by atoms with E-state index in [-0.39, 0.29) is 6.03 Å². The molecule has 1 aliphatic heterocycles. The number of likely N-dealkylation sites (tertiary alicyclic amines) is 1. The van der Waals surface area contributed by atoms with E-state index in [9.17, 15) is 4.79 Å². The molecular weight excluding hydrogens is 314 g/mol. The van der Waals surface area contributed by atoms with E-state index in [1.807, 2.05) is 9.58 Å². The third-order valence-corrected chi connectivity index (χ3v) is 5.53. The second kappa shape index (κ2) is 9.20. The summed E-state index contributed by atoms with van der Waals surface area (Å²) in [6, 6.07) is 0.518. The molecule has 2 aliphatic rings. The van der Waals surface area contributed by atoms with Crippen LogP contribution in [-0.2, 0) is 13.0 Å². The Kier molecular flexibility index (Phi) is 6.70. The van der Waals surface area contributed by atoms with Crippen LogP contribution in [-0.4, -0.2) is 45.1 Å². The Labute approximate surface area is 151 Å². The van der Waals surface area contributed by atoms with Crippen molar-refractivity contribution >= 4 is 6.03 Å². The highest BCUT2D eigenvalue weighted by Crippen LogP contribution is 2.20. The Hall–Kier alpha value is -1.59. The highest BCUT2D eigenvalue weighted by Gasteiger charge is 2.26. The van der Waals surface area contributed by atoms with E-state index < -0.39 is 0 Å². The summed E-state index contributed by atoms with van der Waals surface area (Å²) < 4.78 is 1.96. The molecule has 3 rings (SSSR count). The number of nitrogens with one attached hydrogen (secondary N) is 1. The number of rotatable bonds is 5. The van der Waals surface area contributed by atoms with Crippen molar-refractivity contribution in [2.45, 2.75) is 83.7 Å². The first-order valence-electron chi connectivity index (χ1n) is 10.2. The highest BCUT2D eigenvalue weighted by atomic mass is 16.2. The van der Waals surface area contributed by atoms with Gasteiger partial charge >= 0.3 is 6.03 Å². The lowest BCUT2D eigenvalue weighted by molar-refractivity contribution is 0.153. The Morgan fingerprint density at radius 1 is 1.20 bits per heavy atom. The summed E-state index contributed by atoms with van der Waals surface area (Å²) in [6.07, 6.45) is 13.8. The Balaban J connectivity index is 1.48. The molecule has 2 fully saturated rings. The van der Waals surface area contributed by atoms with Gasteiger partial charge in [-0.1, -0.05) is 44.2 Å². The summed E-state index contributed by atoms with van der Waals surface area (Å²) in [6.45, 7) is 4.74. The molecule has 1 saturated carbocycles. The molecule has 1 aromatic rings. The molecule has 0 spiro atoms. The van der Waals surface area contributed by atoms with Crippen LogP contribution in [0.4, 0.5) is 4.79 Å². The minimum atomic E-state index is 0.141. The van der Waals surface area contributed by atoms with Gasteiger partial charge in [-0.2, -0.15) is 0 Å². The zero-order valence-electron chi connectivity index (χ0n) is 15.6. The molecule has 6 nitrogen and oxygen atoms in total. The van der Waals surface area contributed by atoms with Crippen molar-refractivity contribution < 1.29 is 4.79 Å². The van der Waals surface area contributed by atoms with Crippen LogP contribution in [0.25, 0.3) is 0 Å². The Morgan fingerprint density at radius 3 is 2.76 bits per heavy atom. The molecule has 0 unspecified atom stereocenters. The van der Waals surface area contributed by atoms with Gasteiger partial charge in [0.15, 0.2) is 0 Å². The largest absolute Gasteiger partial charge is 0.335 e. The first-order chi connectivity index (χ1) is 12.2. The van der Waals surface area contributed by atoms with E-state index in [1.165, 1.54) is 25.7 Å². The smallest absolute Gasteiger partial charge is 0.317 e. The Bertz CT molecular complexity index is 536. The van der Waals surface area contributed by atoms with Gasteiger partial charge in [-0.15, -0.1) is 5.10 Å². The fraction of sp³-hybridized carbons (Fsp3) is 0.842. The summed E-state index contributed by atoms with van der Waals surface area (Å²) in [5.41, 5.74) is 1.07. The zero-order chi connectivity index (χ0) is 17.5. The maximum atomic E-state index is 12.6.